The van der Waals surface area contributed by atoms with E-state index in [-0.39, 0.29) is 30.3 Å². The van der Waals surface area contributed by atoms with E-state index in [2.05, 4.69) is 5.32 Å². The van der Waals surface area contributed by atoms with Crippen molar-refractivity contribution in [3.63, 3.8) is 0 Å². The third kappa shape index (κ3) is 5.62. The molecule has 8 nitrogen and oxygen atoms in total. The SMILES string of the molecule is CCCC(=O)OCOC(=O)c1c(F)ccc2c1OB(O)[C@@H](NC(=O)CSC)C2. The van der Waals surface area contributed by atoms with Crippen LogP contribution in [0.25, 0.3) is 0 Å². The lowest BCUT2D eigenvalue weighted by atomic mass is 9.72. The largest absolute Gasteiger partial charge is 0.547 e. The van der Waals surface area contributed by atoms with Gasteiger partial charge in [-0.1, -0.05) is 13.0 Å². The highest BCUT2D eigenvalue weighted by Crippen LogP contribution is 2.32. The number of halogens is 1. The Balaban J connectivity index is 2.11. The normalized spacial score (nSPS) is 15.3. The summed E-state index contributed by atoms with van der Waals surface area (Å²) in [4.78, 5) is 35.3. The molecule has 1 aromatic rings. The Morgan fingerprint density at radius 3 is 2.82 bits per heavy atom. The van der Waals surface area contributed by atoms with E-state index in [4.69, 9.17) is 14.1 Å². The van der Waals surface area contributed by atoms with Gasteiger partial charge in [-0.05, 0) is 30.7 Å². The number of hydrogen-bond donors (Lipinski definition) is 2. The van der Waals surface area contributed by atoms with Gasteiger partial charge in [0, 0.05) is 6.42 Å². The first-order chi connectivity index (χ1) is 13.4. The van der Waals surface area contributed by atoms with Crippen LogP contribution in [0.1, 0.15) is 35.7 Å². The second kappa shape index (κ2) is 10.3. The summed E-state index contributed by atoms with van der Waals surface area (Å²) < 4.78 is 29.0. The maximum Gasteiger partial charge on any atom is 0.547 e. The molecule has 0 aliphatic carbocycles. The van der Waals surface area contributed by atoms with Crippen molar-refractivity contribution < 1.29 is 37.9 Å². The molecule has 28 heavy (non-hydrogen) atoms. The van der Waals surface area contributed by atoms with E-state index in [1.54, 1.807) is 13.2 Å². The zero-order chi connectivity index (χ0) is 20.7. The Hall–Kier alpha value is -2.27. The molecule has 2 N–H and O–H groups in total. The minimum Gasteiger partial charge on any atom is -0.534 e. The molecule has 2 rings (SSSR count). The summed E-state index contributed by atoms with van der Waals surface area (Å²) in [6.45, 7) is 1.13. The van der Waals surface area contributed by atoms with Gasteiger partial charge in [0.15, 0.2) is 0 Å². The summed E-state index contributed by atoms with van der Waals surface area (Å²) in [5.74, 6) is -3.49. The molecule has 1 aliphatic heterocycles. The molecule has 0 aromatic heterocycles. The minimum absolute atomic E-state index is 0.142. The van der Waals surface area contributed by atoms with Crippen LogP contribution in [0.2, 0.25) is 0 Å². The zero-order valence-electron chi connectivity index (χ0n) is 15.5. The average Bonchev–Trinajstić information content (AvgIpc) is 2.63. The monoisotopic (exact) mass is 413 g/mol. The Kier molecular flexibility index (Phi) is 8.12. The molecular formula is C17H21BFNO7S. The summed E-state index contributed by atoms with van der Waals surface area (Å²) in [5, 5.41) is 12.8. The molecule has 1 aliphatic rings. The van der Waals surface area contributed by atoms with Crippen LogP contribution in [0.15, 0.2) is 12.1 Å². The van der Waals surface area contributed by atoms with Crippen LogP contribution < -0.4 is 9.97 Å². The van der Waals surface area contributed by atoms with Crippen molar-refractivity contribution >= 4 is 36.7 Å². The van der Waals surface area contributed by atoms with E-state index < -0.39 is 43.2 Å². The number of amides is 1. The van der Waals surface area contributed by atoms with Gasteiger partial charge in [-0.2, -0.15) is 11.8 Å². The minimum atomic E-state index is -1.46. The molecule has 0 unspecified atom stereocenters. The van der Waals surface area contributed by atoms with Crippen LogP contribution in [-0.2, 0) is 25.5 Å². The molecule has 1 atom stereocenters. The van der Waals surface area contributed by atoms with E-state index in [1.165, 1.54) is 17.8 Å². The smallest absolute Gasteiger partial charge is 0.534 e. The predicted molar refractivity (Wildman–Crippen MR) is 100 cm³/mol. The highest BCUT2D eigenvalue weighted by molar-refractivity contribution is 7.99. The van der Waals surface area contributed by atoms with Gasteiger partial charge in [-0.15, -0.1) is 0 Å². The molecule has 152 valence electrons. The molecule has 0 spiro atoms. The number of hydrogen-bond acceptors (Lipinski definition) is 8. The number of rotatable bonds is 8. The number of fused-ring (bicyclic) bond motifs is 1. The Labute approximate surface area is 166 Å². The molecule has 0 radical (unpaired) electrons. The topological polar surface area (TPSA) is 111 Å². The third-order valence-corrected chi connectivity index (χ3v) is 4.45. The van der Waals surface area contributed by atoms with Crippen LogP contribution in [0.5, 0.6) is 5.75 Å². The lowest BCUT2D eigenvalue weighted by Crippen LogP contribution is -2.53. The van der Waals surface area contributed by atoms with Crippen molar-refractivity contribution in [2.45, 2.75) is 32.1 Å². The first-order valence-corrected chi connectivity index (χ1v) is 10.0. The van der Waals surface area contributed by atoms with Crippen molar-refractivity contribution in [3.05, 3.63) is 29.1 Å². The van der Waals surface area contributed by atoms with Crippen molar-refractivity contribution in [1.82, 2.24) is 5.32 Å². The van der Waals surface area contributed by atoms with Crippen LogP contribution >= 0.6 is 11.8 Å². The van der Waals surface area contributed by atoms with Gasteiger partial charge >= 0.3 is 19.1 Å². The molecule has 1 heterocycles. The maximum atomic E-state index is 14.2. The maximum absolute atomic E-state index is 14.2. The number of thioether (sulfide) groups is 1. The van der Waals surface area contributed by atoms with Gasteiger partial charge in [0.1, 0.15) is 17.1 Å². The summed E-state index contributed by atoms with van der Waals surface area (Å²) in [5.41, 5.74) is -0.0759. The van der Waals surface area contributed by atoms with E-state index in [0.29, 0.717) is 12.0 Å². The summed E-state index contributed by atoms with van der Waals surface area (Å²) in [6, 6.07) is 2.47. The first-order valence-electron chi connectivity index (χ1n) is 8.64. The van der Waals surface area contributed by atoms with Gasteiger partial charge in [0.25, 0.3) is 0 Å². The Morgan fingerprint density at radius 1 is 1.39 bits per heavy atom. The number of ether oxygens (including phenoxy) is 2. The quantitative estimate of drug-likeness (QED) is 0.370. The molecular weight excluding hydrogens is 392 g/mol. The molecule has 0 saturated carbocycles. The van der Waals surface area contributed by atoms with Crippen molar-refractivity contribution in [2.24, 2.45) is 0 Å². The molecule has 1 aromatic carbocycles. The number of esters is 2. The van der Waals surface area contributed by atoms with Crippen molar-refractivity contribution in [3.8, 4) is 5.75 Å². The standard InChI is InChI=1S/C17H21BFNO7S/c1-3-4-14(22)25-9-26-17(23)15-11(19)6-5-10-7-12(18(24)27-16(10)15)20-13(21)8-28-2/h5-6,12,24H,3-4,7-9H2,1-2H3,(H,20,21)/t12-/m0/s1. The highest BCUT2D eigenvalue weighted by Gasteiger charge is 2.39. The molecule has 11 heteroatoms. The fourth-order valence-corrected chi connectivity index (χ4v) is 2.97. The highest BCUT2D eigenvalue weighted by atomic mass is 32.2. The van der Waals surface area contributed by atoms with Crippen LogP contribution in [0.3, 0.4) is 0 Å². The molecule has 0 fully saturated rings. The molecule has 0 bridgehead atoms. The van der Waals surface area contributed by atoms with Gasteiger partial charge in [-0.25, -0.2) is 9.18 Å². The number of carbonyl (C=O) groups excluding carboxylic acids is 3. The second-order valence-corrected chi connectivity index (χ2v) is 6.91. The predicted octanol–water partition coefficient (Wildman–Crippen LogP) is 1.09. The number of benzene rings is 1. The van der Waals surface area contributed by atoms with Gasteiger partial charge < -0.3 is 24.5 Å². The van der Waals surface area contributed by atoms with Crippen LogP contribution in [-0.4, -0.2) is 54.7 Å². The number of carbonyl (C=O) groups is 3. The van der Waals surface area contributed by atoms with E-state index in [1.807, 2.05) is 0 Å². The molecule has 1 amide bonds. The van der Waals surface area contributed by atoms with E-state index >= 15 is 0 Å². The first kappa shape index (κ1) is 22.0. The van der Waals surface area contributed by atoms with E-state index in [0.717, 1.165) is 6.07 Å². The summed E-state index contributed by atoms with van der Waals surface area (Å²) >= 11 is 1.32. The number of nitrogens with one attached hydrogen (secondary N) is 1. The van der Waals surface area contributed by atoms with Crippen LogP contribution in [0.4, 0.5) is 4.39 Å². The van der Waals surface area contributed by atoms with Gasteiger partial charge in [0.2, 0.25) is 12.7 Å². The lowest BCUT2D eigenvalue weighted by molar-refractivity contribution is -0.152. The Morgan fingerprint density at radius 2 is 2.14 bits per heavy atom. The summed E-state index contributed by atoms with van der Waals surface area (Å²) in [7, 11) is -1.46. The zero-order valence-corrected chi connectivity index (χ0v) is 16.3. The second-order valence-electron chi connectivity index (χ2n) is 6.05. The van der Waals surface area contributed by atoms with E-state index in [9.17, 15) is 23.8 Å². The molecule has 0 saturated heterocycles. The lowest BCUT2D eigenvalue weighted by Gasteiger charge is -2.29. The van der Waals surface area contributed by atoms with Crippen molar-refractivity contribution in [1.29, 1.82) is 0 Å². The summed E-state index contributed by atoms with van der Waals surface area (Å²) in [6.07, 6.45) is 2.66. The van der Waals surface area contributed by atoms with Gasteiger partial charge in [-0.3, -0.25) is 9.59 Å². The third-order valence-electron chi connectivity index (χ3n) is 3.90. The van der Waals surface area contributed by atoms with Crippen LogP contribution in [0, 0.1) is 5.82 Å². The fourth-order valence-electron chi connectivity index (χ4n) is 2.63. The Bertz CT molecular complexity index is 748. The van der Waals surface area contributed by atoms with Gasteiger partial charge in [0.05, 0.1) is 11.7 Å². The fraction of sp³-hybridized carbons (Fsp3) is 0.471. The van der Waals surface area contributed by atoms with Crippen molar-refractivity contribution in [2.75, 3.05) is 18.8 Å². The average molecular weight is 413 g/mol.